The molecule has 1 aromatic heterocycles. The third kappa shape index (κ3) is 3.61. The Morgan fingerprint density at radius 1 is 1.19 bits per heavy atom. The standard InChI is InChI=1S/C20H24ClN3OS/c1-15-18-6-12-26-19(18)5-7-24(15)14-20(25)23-10-8-22(9-11-23)17-4-2-3-16(21)13-17/h2-4,6,12-13,15H,5,7-11,14H2,1H3/t15-/m1/s1. The number of piperazine rings is 1. The molecule has 6 heteroatoms. The molecular formula is C20H24ClN3OS. The highest BCUT2D eigenvalue weighted by Gasteiger charge is 2.29. The molecule has 3 heterocycles. The molecule has 2 aliphatic heterocycles. The number of halogens is 1. The number of benzene rings is 1. The van der Waals surface area contributed by atoms with Gasteiger partial charge in [0.2, 0.25) is 5.91 Å². The summed E-state index contributed by atoms with van der Waals surface area (Å²) in [6.07, 6.45) is 1.06. The number of nitrogens with zero attached hydrogens (tertiary/aromatic N) is 3. The maximum atomic E-state index is 12.8. The van der Waals surface area contributed by atoms with Crippen LogP contribution in [0.15, 0.2) is 35.7 Å². The molecule has 0 saturated carbocycles. The average Bonchev–Trinajstić information content (AvgIpc) is 3.14. The first-order valence-electron chi connectivity index (χ1n) is 9.20. The van der Waals surface area contributed by atoms with Gasteiger partial charge in [-0.25, -0.2) is 0 Å². The number of carbonyl (C=O) groups is 1. The smallest absolute Gasteiger partial charge is 0.236 e. The molecule has 1 atom stereocenters. The van der Waals surface area contributed by atoms with Crippen molar-refractivity contribution in [1.29, 1.82) is 0 Å². The van der Waals surface area contributed by atoms with E-state index in [0.717, 1.165) is 49.9 Å². The van der Waals surface area contributed by atoms with Crippen LogP contribution < -0.4 is 4.90 Å². The van der Waals surface area contributed by atoms with E-state index in [1.54, 1.807) is 0 Å². The fourth-order valence-corrected chi connectivity index (χ4v) is 5.09. The van der Waals surface area contributed by atoms with Crippen LogP contribution in [0.5, 0.6) is 0 Å². The second-order valence-electron chi connectivity index (χ2n) is 7.04. The van der Waals surface area contributed by atoms with Crippen LogP contribution in [0.4, 0.5) is 5.69 Å². The van der Waals surface area contributed by atoms with Crippen molar-refractivity contribution >= 4 is 34.5 Å². The van der Waals surface area contributed by atoms with E-state index in [0.29, 0.717) is 12.6 Å². The summed E-state index contributed by atoms with van der Waals surface area (Å²) in [5.74, 6) is 0.251. The Hall–Kier alpha value is -1.56. The SMILES string of the molecule is C[C@@H]1c2ccsc2CCN1CC(=O)N1CCN(c2cccc(Cl)c2)CC1. The van der Waals surface area contributed by atoms with E-state index in [1.807, 2.05) is 34.4 Å². The first-order valence-corrected chi connectivity index (χ1v) is 10.5. The predicted molar refractivity (Wildman–Crippen MR) is 108 cm³/mol. The van der Waals surface area contributed by atoms with Crippen molar-refractivity contribution in [3.8, 4) is 0 Å². The lowest BCUT2D eigenvalue weighted by Gasteiger charge is -2.38. The summed E-state index contributed by atoms with van der Waals surface area (Å²) in [5, 5.41) is 2.93. The summed E-state index contributed by atoms with van der Waals surface area (Å²) in [6, 6.07) is 10.5. The number of amides is 1. The molecule has 0 bridgehead atoms. The van der Waals surface area contributed by atoms with Crippen molar-refractivity contribution in [2.75, 3.05) is 44.2 Å². The van der Waals surface area contributed by atoms with Gasteiger partial charge < -0.3 is 9.80 Å². The van der Waals surface area contributed by atoms with Gasteiger partial charge in [0.15, 0.2) is 0 Å². The van der Waals surface area contributed by atoms with E-state index in [4.69, 9.17) is 11.6 Å². The zero-order valence-corrected chi connectivity index (χ0v) is 16.6. The van der Waals surface area contributed by atoms with Crippen molar-refractivity contribution in [2.45, 2.75) is 19.4 Å². The van der Waals surface area contributed by atoms with E-state index in [1.165, 1.54) is 10.4 Å². The van der Waals surface area contributed by atoms with E-state index in [-0.39, 0.29) is 5.91 Å². The van der Waals surface area contributed by atoms with Gasteiger partial charge in [-0.1, -0.05) is 17.7 Å². The van der Waals surface area contributed by atoms with Crippen LogP contribution in [-0.2, 0) is 11.2 Å². The molecule has 4 nitrogen and oxygen atoms in total. The number of fused-ring (bicyclic) bond motifs is 1. The quantitative estimate of drug-likeness (QED) is 0.801. The van der Waals surface area contributed by atoms with E-state index in [9.17, 15) is 4.79 Å². The molecule has 2 aromatic rings. The maximum Gasteiger partial charge on any atom is 0.236 e. The third-order valence-corrected chi connectivity index (χ3v) is 6.78. The molecule has 26 heavy (non-hydrogen) atoms. The Morgan fingerprint density at radius 2 is 2.00 bits per heavy atom. The van der Waals surface area contributed by atoms with E-state index >= 15 is 0 Å². The first-order chi connectivity index (χ1) is 12.6. The Labute approximate surface area is 164 Å². The molecule has 0 N–H and O–H groups in total. The minimum absolute atomic E-state index is 0.251. The van der Waals surface area contributed by atoms with Crippen molar-refractivity contribution in [3.05, 3.63) is 51.2 Å². The molecule has 4 rings (SSSR count). The lowest BCUT2D eigenvalue weighted by Crippen LogP contribution is -2.52. The minimum Gasteiger partial charge on any atom is -0.368 e. The van der Waals surface area contributed by atoms with Gasteiger partial charge in [0.25, 0.3) is 0 Å². The lowest BCUT2D eigenvalue weighted by atomic mass is 10.0. The van der Waals surface area contributed by atoms with Gasteiger partial charge in [-0.15, -0.1) is 11.3 Å². The summed E-state index contributed by atoms with van der Waals surface area (Å²) < 4.78 is 0. The van der Waals surface area contributed by atoms with Gasteiger partial charge in [0, 0.05) is 54.4 Å². The number of hydrogen-bond donors (Lipinski definition) is 0. The average molecular weight is 390 g/mol. The number of rotatable bonds is 3. The molecular weight excluding hydrogens is 366 g/mol. The summed E-state index contributed by atoms with van der Waals surface area (Å²) in [7, 11) is 0. The highest BCUT2D eigenvalue weighted by molar-refractivity contribution is 7.10. The minimum atomic E-state index is 0.251. The second-order valence-corrected chi connectivity index (χ2v) is 8.48. The number of carbonyl (C=O) groups excluding carboxylic acids is 1. The molecule has 1 saturated heterocycles. The first kappa shape index (κ1) is 17.8. The Kier molecular flexibility index (Phi) is 5.20. The number of anilines is 1. The van der Waals surface area contributed by atoms with E-state index in [2.05, 4.69) is 34.2 Å². The van der Waals surface area contributed by atoms with Crippen molar-refractivity contribution in [1.82, 2.24) is 9.80 Å². The molecule has 0 aliphatic carbocycles. The summed E-state index contributed by atoms with van der Waals surface area (Å²) >= 11 is 7.94. The summed E-state index contributed by atoms with van der Waals surface area (Å²) in [5.41, 5.74) is 2.54. The number of thiophene rings is 1. The highest BCUT2D eigenvalue weighted by atomic mass is 35.5. The van der Waals surface area contributed by atoms with Crippen LogP contribution in [0.3, 0.4) is 0 Å². The molecule has 1 amide bonds. The van der Waals surface area contributed by atoms with Gasteiger partial charge in [-0.2, -0.15) is 0 Å². The van der Waals surface area contributed by atoms with Crippen LogP contribution in [0.25, 0.3) is 0 Å². The maximum absolute atomic E-state index is 12.8. The normalized spacial score (nSPS) is 20.9. The zero-order valence-electron chi connectivity index (χ0n) is 15.0. The Bertz CT molecular complexity index is 785. The van der Waals surface area contributed by atoms with Crippen molar-refractivity contribution in [2.24, 2.45) is 0 Å². The van der Waals surface area contributed by atoms with Crippen LogP contribution >= 0.6 is 22.9 Å². The summed E-state index contributed by atoms with van der Waals surface area (Å²) in [4.78, 5) is 20.9. The molecule has 0 spiro atoms. The van der Waals surface area contributed by atoms with Gasteiger partial charge in [0.05, 0.1) is 6.54 Å². The number of hydrogen-bond acceptors (Lipinski definition) is 4. The summed E-state index contributed by atoms with van der Waals surface area (Å²) in [6.45, 7) is 6.98. The molecule has 0 radical (unpaired) electrons. The molecule has 0 unspecified atom stereocenters. The Balaban J connectivity index is 1.33. The lowest BCUT2D eigenvalue weighted by molar-refractivity contribution is -0.133. The topological polar surface area (TPSA) is 26.8 Å². The monoisotopic (exact) mass is 389 g/mol. The van der Waals surface area contributed by atoms with E-state index < -0.39 is 0 Å². The van der Waals surface area contributed by atoms with Crippen molar-refractivity contribution < 1.29 is 4.79 Å². The third-order valence-electron chi connectivity index (χ3n) is 5.55. The largest absolute Gasteiger partial charge is 0.368 e. The molecule has 1 fully saturated rings. The molecule has 1 aromatic carbocycles. The van der Waals surface area contributed by atoms with Gasteiger partial charge in [-0.3, -0.25) is 9.69 Å². The zero-order chi connectivity index (χ0) is 18.1. The molecule has 2 aliphatic rings. The van der Waals surface area contributed by atoms with Gasteiger partial charge in [-0.05, 0) is 48.6 Å². The second kappa shape index (κ2) is 7.59. The fraction of sp³-hybridized carbons (Fsp3) is 0.450. The van der Waals surface area contributed by atoms with Gasteiger partial charge in [0.1, 0.15) is 0 Å². The molecule has 138 valence electrons. The van der Waals surface area contributed by atoms with Crippen LogP contribution in [0.2, 0.25) is 5.02 Å². The fourth-order valence-electron chi connectivity index (χ4n) is 3.94. The van der Waals surface area contributed by atoms with Crippen LogP contribution in [0.1, 0.15) is 23.4 Å². The predicted octanol–water partition coefficient (Wildman–Crippen LogP) is 3.67. The highest BCUT2D eigenvalue weighted by Crippen LogP contribution is 2.32. The van der Waals surface area contributed by atoms with Crippen LogP contribution in [-0.4, -0.2) is 55.0 Å². The van der Waals surface area contributed by atoms with Crippen LogP contribution in [0, 0.1) is 0 Å². The van der Waals surface area contributed by atoms with Crippen molar-refractivity contribution in [3.63, 3.8) is 0 Å². The Morgan fingerprint density at radius 3 is 2.77 bits per heavy atom. The van der Waals surface area contributed by atoms with Gasteiger partial charge >= 0.3 is 0 Å².